The maximum Gasteiger partial charge on any atom is 0.343 e. The fraction of sp³-hybridized carbons (Fsp3) is 0.167. The maximum absolute atomic E-state index is 12.5. The molecule has 0 aliphatic carbocycles. The normalized spacial score (nSPS) is 15.8. The molecule has 0 saturated heterocycles. The molecule has 3 aromatic rings. The summed E-state index contributed by atoms with van der Waals surface area (Å²) in [6.07, 6.45) is 0.241. The molecule has 1 aromatic heterocycles. The van der Waals surface area contributed by atoms with Crippen LogP contribution in [0.15, 0.2) is 63.7 Å². The number of hydrogen-bond acceptors (Lipinski definition) is 3. The van der Waals surface area contributed by atoms with Gasteiger partial charge in [0.2, 0.25) is 0 Å². The second kappa shape index (κ2) is 5.44. The molecule has 106 valence electrons. The molecule has 3 heteroatoms. The van der Waals surface area contributed by atoms with Gasteiger partial charge in [-0.05, 0) is 24.1 Å². The summed E-state index contributed by atoms with van der Waals surface area (Å²) in [4.78, 5) is 12.5. The van der Waals surface area contributed by atoms with E-state index in [0.29, 0.717) is 5.39 Å². The van der Waals surface area contributed by atoms with Gasteiger partial charge in [0.15, 0.2) is 0 Å². The second-order valence-electron chi connectivity index (χ2n) is 4.65. The first-order valence-electron chi connectivity index (χ1n) is 9.11. The Morgan fingerprint density at radius 1 is 1.24 bits per heavy atom. The van der Waals surface area contributed by atoms with Crippen LogP contribution in [0.5, 0.6) is 5.75 Å². The molecule has 2 aromatic carbocycles. The van der Waals surface area contributed by atoms with Crippen molar-refractivity contribution in [1.29, 1.82) is 0 Å². The van der Waals surface area contributed by atoms with Gasteiger partial charge in [0.25, 0.3) is 0 Å². The lowest BCUT2D eigenvalue weighted by Gasteiger charge is -2.16. The predicted molar refractivity (Wildman–Crippen MR) is 82.7 cm³/mol. The van der Waals surface area contributed by atoms with E-state index in [1.807, 2.05) is 0 Å². The molecule has 0 fully saturated rings. The Balaban J connectivity index is 2.37. The number of para-hydroxylation sites is 1. The van der Waals surface area contributed by atoms with Crippen LogP contribution in [0.1, 0.15) is 37.2 Å². The summed E-state index contributed by atoms with van der Waals surface area (Å²) in [6, 6.07) is 4.22. The Morgan fingerprint density at radius 2 is 1.95 bits per heavy atom. The van der Waals surface area contributed by atoms with Crippen LogP contribution in [0.2, 0.25) is 0 Å². The van der Waals surface area contributed by atoms with Gasteiger partial charge in [-0.2, -0.15) is 0 Å². The van der Waals surface area contributed by atoms with Crippen molar-refractivity contribution < 1.29 is 16.4 Å². The highest BCUT2D eigenvalue weighted by atomic mass is 16.4. The average Bonchev–Trinajstić information content (AvgIpc) is 2.63. The minimum absolute atomic E-state index is 0.0311. The Morgan fingerprint density at radius 3 is 2.67 bits per heavy atom. The molecule has 0 bridgehead atoms. The molecule has 0 spiro atoms. The summed E-state index contributed by atoms with van der Waals surface area (Å²) in [5.74, 6) is -1.19. The standard InChI is InChI=1S/C18H16O3/c1-2-13(12-8-4-3-5-9-12)16-17(19)14-10-6-7-11-15(14)21-18(16)20/h3-11,13,19H,2H2,1H3/i3D,4D,5D,8D,9D. The smallest absolute Gasteiger partial charge is 0.343 e. The number of aromatic hydroxyl groups is 1. The molecule has 21 heavy (non-hydrogen) atoms. The van der Waals surface area contributed by atoms with Crippen molar-refractivity contribution in [3.05, 3.63) is 76.0 Å². The number of benzene rings is 2. The molecule has 3 rings (SSSR count). The Bertz CT molecular complexity index is 1050. The van der Waals surface area contributed by atoms with E-state index in [1.165, 1.54) is 0 Å². The molecule has 3 nitrogen and oxygen atoms in total. The topological polar surface area (TPSA) is 50.4 Å². The fourth-order valence-corrected chi connectivity index (χ4v) is 2.44. The summed E-state index contributed by atoms with van der Waals surface area (Å²) in [5, 5.41) is 11.0. The minimum atomic E-state index is -0.898. The molecule has 1 heterocycles. The van der Waals surface area contributed by atoms with Gasteiger partial charge in [0, 0.05) is 5.92 Å². The van der Waals surface area contributed by atoms with Crippen LogP contribution < -0.4 is 5.63 Å². The third-order valence-electron chi connectivity index (χ3n) is 3.44. The van der Waals surface area contributed by atoms with E-state index >= 15 is 0 Å². The molecule has 0 radical (unpaired) electrons. The lowest BCUT2D eigenvalue weighted by molar-refractivity contribution is 0.450. The van der Waals surface area contributed by atoms with Crippen LogP contribution in [-0.4, -0.2) is 5.11 Å². The minimum Gasteiger partial charge on any atom is -0.507 e. The van der Waals surface area contributed by atoms with Crippen molar-refractivity contribution in [3.8, 4) is 5.75 Å². The largest absolute Gasteiger partial charge is 0.507 e. The third kappa shape index (κ3) is 2.31. The highest BCUT2D eigenvalue weighted by Gasteiger charge is 2.22. The van der Waals surface area contributed by atoms with Crippen LogP contribution in [0, 0.1) is 0 Å². The first-order chi connectivity index (χ1) is 12.3. The molecule has 1 N–H and O–H groups in total. The van der Waals surface area contributed by atoms with Crippen LogP contribution in [0.25, 0.3) is 11.0 Å². The summed E-state index contributed by atoms with van der Waals surface area (Å²) in [5.41, 5.74) is -0.712. The van der Waals surface area contributed by atoms with E-state index in [9.17, 15) is 9.90 Å². The van der Waals surface area contributed by atoms with Crippen LogP contribution in [0.3, 0.4) is 0 Å². The Labute approximate surface area is 129 Å². The summed E-state index contributed by atoms with van der Waals surface area (Å²) in [6.45, 7) is 1.71. The van der Waals surface area contributed by atoms with E-state index in [0.717, 1.165) is 0 Å². The fourth-order valence-electron chi connectivity index (χ4n) is 2.44. The van der Waals surface area contributed by atoms with Crippen molar-refractivity contribution in [2.75, 3.05) is 0 Å². The molecule has 1 unspecified atom stereocenters. The zero-order valence-corrected chi connectivity index (χ0v) is 11.4. The average molecular weight is 285 g/mol. The lowest BCUT2D eigenvalue weighted by atomic mass is 9.89. The van der Waals surface area contributed by atoms with Crippen molar-refractivity contribution in [2.45, 2.75) is 19.3 Å². The SMILES string of the molecule is [2H]c1c([2H])c([2H])c(C(CC)c2c(O)c3ccccc3oc2=O)c([2H])c1[2H]. The number of rotatable bonds is 3. The van der Waals surface area contributed by atoms with Crippen molar-refractivity contribution in [2.24, 2.45) is 0 Å². The van der Waals surface area contributed by atoms with E-state index in [4.69, 9.17) is 11.3 Å². The van der Waals surface area contributed by atoms with Gasteiger partial charge >= 0.3 is 5.63 Å². The predicted octanol–water partition coefficient (Wildman–Crippen LogP) is 4.04. The van der Waals surface area contributed by atoms with Crippen molar-refractivity contribution in [3.63, 3.8) is 0 Å². The molecule has 1 atom stereocenters. The zero-order chi connectivity index (χ0) is 19.2. The third-order valence-corrected chi connectivity index (χ3v) is 3.44. The molecular weight excluding hydrogens is 264 g/mol. The van der Waals surface area contributed by atoms with Crippen molar-refractivity contribution in [1.82, 2.24) is 0 Å². The van der Waals surface area contributed by atoms with Gasteiger partial charge in [-0.1, -0.05) is 49.3 Å². The van der Waals surface area contributed by atoms with Crippen molar-refractivity contribution >= 4 is 11.0 Å². The van der Waals surface area contributed by atoms with E-state index < -0.39 is 41.8 Å². The molecule has 0 amide bonds. The van der Waals surface area contributed by atoms with E-state index in [2.05, 4.69) is 0 Å². The summed E-state index contributed by atoms with van der Waals surface area (Å²) < 4.78 is 44.9. The first-order valence-corrected chi connectivity index (χ1v) is 6.61. The summed E-state index contributed by atoms with van der Waals surface area (Å²) in [7, 11) is 0. The number of fused-ring (bicyclic) bond motifs is 1. The Hall–Kier alpha value is -2.55. The monoisotopic (exact) mass is 285 g/mol. The van der Waals surface area contributed by atoms with Gasteiger partial charge in [-0.3, -0.25) is 0 Å². The quantitative estimate of drug-likeness (QED) is 0.739. The van der Waals surface area contributed by atoms with Crippen LogP contribution >= 0.6 is 0 Å². The molecule has 0 aliphatic rings. The van der Waals surface area contributed by atoms with Gasteiger partial charge in [-0.25, -0.2) is 4.79 Å². The van der Waals surface area contributed by atoms with Gasteiger partial charge < -0.3 is 9.52 Å². The van der Waals surface area contributed by atoms with Gasteiger partial charge in [0.05, 0.1) is 17.8 Å². The summed E-state index contributed by atoms with van der Waals surface area (Å²) >= 11 is 0. The molecule has 0 saturated carbocycles. The van der Waals surface area contributed by atoms with Gasteiger partial charge in [0.1, 0.15) is 11.3 Å². The van der Waals surface area contributed by atoms with Gasteiger partial charge in [-0.15, -0.1) is 0 Å². The highest BCUT2D eigenvalue weighted by Crippen LogP contribution is 2.35. The highest BCUT2D eigenvalue weighted by molar-refractivity contribution is 5.84. The molecular formula is C18H16O3. The zero-order valence-electron chi connectivity index (χ0n) is 16.4. The second-order valence-corrected chi connectivity index (χ2v) is 4.65. The first kappa shape index (κ1) is 8.67. The van der Waals surface area contributed by atoms with Crippen LogP contribution in [-0.2, 0) is 0 Å². The van der Waals surface area contributed by atoms with E-state index in [1.54, 1.807) is 31.2 Å². The lowest BCUT2D eigenvalue weighted by Crippen LogP contribution is -2.13. The van der Waals surface area contributed by atoms with Crippen LogP contribution in [0.4, 0.5) is 0 Å². The maximum atomic E-state index is 12.5. The Kier molecular flexibility index (Phi) is 2.25. The molecule has 0 aliphatic heterocycles. The van der Waals surface area contributed by atoms with E-state index in [-0.39, 0.29) is 28.9 Å². The number of hydrogen-bond donors (Lipinski definition) is 1.